The number of imide groups is 1. The van der Waals surface area contributed by atoms with Gasteiger partial charge in [0.2, 0.25) is 11.8 Å². The first-order valence-corrected chi connectivity index (χ1v) is 15.5. The van der Waals surface area contributed by atoms with Crippen LogP contribution in [0.3, 0.4) is 0 Å². The van der Waals surface area contributed by atoms with Crippen molar-refractivity contribution in [2.24, 2.45) is 17.8 Å². The largest absolute Gasteiger partial charge is 0.507 e. The van der Waals surface area contributed by atoms with E-state index >= 15 is 0 Å². The number of ether oxygens (including phenoxy) is 1. The second kappa shape index (κ2) is 11.4. The summed E-state index contributed by atoms with van der Waals surface area (Å²) in [6, 6.07) is 18.4. The Labute approximate surface area is 246 Å². The summed E-state index contributed by atoms with van der Waals surface area (Å²) in [5.74, 6) is -0.310. The monoisotopic (exact) mass is 567 g/mol. The Balaban J connectivity index is 1.26. The molecule has 0 bridgehead atoms. The number of fused-ring (bicyclic) bond motifs is 3. The highest BCUT2D eigenvalue weighted by atomic mass is 32.1. The topological polar surface area (TPSA) is 66.8 Å². The van der Waals surface area contributed by atoms with E-state index in [1.54, 1.807) is 11.3 Å². The van der Waals surface area contributed by atoms with Crippen LogP contribution in [0.1, 0.15) is 59.7 Å². The molecular weight excluding hydrogens is 530 g/mol. The average Bonchev–Trinajstić information content (AvgIpc) is 3.70. The van der Waals surface area contributed by atoms with Crippen LogP contribution in [0, 0.1) is 31.6 Å². The zero-order valence-corrected chi connectivity index (χ0v) is 24.7. The lowest BCUT2D eigenvalue weighted by atomic mass is 9.69. The number of benzene rings is 2. The number of nitrogens with zero attached hydrogens (tertiary/aromatic N) is 1. The molecule has 41 heavy (non-hydrogen) atoms. The Morgan fingerprint density at radius 1 is 1.05 bits per heavy atom. The summed E-state index contributed by atoms with van der Waals surface area (Å²) in [6.45, 7) is 6.89. The second-order valence-electron chi connectivity index (χ2n) is 11.6. The number of phenolic OH excluding ortho intramolecular Hbond substituents is 1. The summed E-state index contributed by atoms with van der Waals surface area (Å²) in [5, 5.41) is 12.3. The second-order valence-corrected chi connectivity index (χ2v) is 12.6. The van der Waals surface area contributed by atoms with Crippen molar-refractivity contribution in [3.05, 3.63) is 98.3 Å². The molecular formula is C35H37NO4S. The Bertz CT molecular complexity index is 1500. The van der Waals surface area contributed by atoms with Gasteiger partial charge in [-0.1, -0.05) is 55.0 Å². The van der Waals surface area contributed by atoms with Gasteiger partial charge in [0, 0.05) is 10.8 Å². The molecule has 0 radical (unpaired) electrons. The van der Waals surface area contributed by atoms with Gasteiger partial charge in [-0.2, -0.15) is 0 Å². The number of amides is 2. The smallest absolute Gasteiger partial charge is 0.234 e. The molecule has 1 aromatic heterocycles. The van der Waals surface area contributed by atoms with Crippen molar-refractivity contribution in [1.82, 2.24) is 4.90 Å². The summed E-state index contributed by atoms with van der Waals surface area (Å²) in [5.41, 5.74) is 7.75. The Kier molecular flexibility index (Phi) is 7.71. The molecule has 1 aliphatic carbocycles. The number of aryl methyl sites for hydroxylation is 2. The van der Waals surface area contributed by atoms with Crippen LogP contribution in [0.2, 0.25) is 0 Å². The molecule has 0 unspecified atom stereocenters. The number of carbonyl (C=O) groups is 2. The molecule has 2 saturated heterocycles. The van der Waals surface area contributed by atoms with Gasteiger partial charge >= 0.3 is 0 Å². The standard InChI is InChI=1S/C35H37NO4S/c1-4-24-18-28-32(35(39)36(34(28)38)19-27-11-8-14-41-27)29-20-40-30(31(24)29)13-12-26(25-9-6-5-7-10-25)17-23-15-21(2)33(37)22(3)16-23/h5-11,14-17,28-30,32,37H,4,12-13,18-20H2,1-3H3/b26-17-/t28-,29+,30-,32-/m1/s1. The summed E-state index contributed by atoms with van der Waals surface area (Å²) >= 11 is 1.58. The maximum absolute atomic E-state index is 13.7. The molecule has 3 heterocycles. The van der Waals surface area contributed by atoms with E-state index in [1.165, 1.54) is 27.2 Å². The van der Waals surface area contributed by atoms with Gasteiger partial charge in [-0.25, -0.2) is 0 Å². The highest BCUT2D eigenvalue weighted by Gasteiger charge is 2.56. The minimum atomic E-state index is -0.315. The first kappa shape index (κ1) is 27.7. The number of hydrogen-bond acceptors (Lipinski definition) is 5. The maximum Gasteiger partial charge on any atom is 0.234 e. The predicted molar refractivity (Wildman–Crippen MR) is 163 cm³/mol. The van der Waals surface area contributed by atoms with Gasteiger partial charge in [0.05, 0.1) is 31.1 Å². The molecule has 2 amide bonds. The number of rotatable bonds is 8. The Morgan fingerprint density at radius 3 is 2.49 bits per heavy atom. The highest BCUT2D eigenvalue weighted by Crippen LogP contribution is 2.51. The first-order valence-electron chi connectivity index (χ1n) is 14.6. The van der Waals surface area contributed by atoms with Crippen LogP contribution in [0.25, 0.3) is 11.6 Å². The van der Waals surface area contributed by atoms with Crippen LogP contribution < -0.4 is 0 Å². The third-order valence-corrected chi connectivity index (χ3v) is 9.96. The Morgan fingerprint density at radius 2 is 1.80 bits per heavy atom. The van der Waals surface area contributed by atoms with Gasteiger partial charge in [0.15, 0.2) is 0 Å². The molecule has 4 atom stereocenters. The van der Waals surface area contributed by atoms with Gasteiger partial charge < -0.3 is 9.84 Å². The molecule has 2 fully saturated rings. The van der Waals surface area contributed by atoms with Gasteiger partial charge in [0.25, 0.3) is 0 Å². The van der Waals surface area contributed by atoms with E-state index in [9.17, 15) is 14.7 Å². The normalized spacial score (nSPS) is 24.3. The van der Waals surface area contributed by atoms with Crippen molar-refractivity contribution in [1.29, 1.82) is 0 Å². The van der Waals surface area contributed by atoms with Crippen molar-refractivity contribution < 1.29 is 19.4 Å². The summed E-state index contributed by atoms with van der Waals surface area (Å²) in [6.07, 6.45) is 5.31. The van der Waals surface area contributed by atoms with Crippen LogP contribution in [0.4, 0.5) is 0 Å². The van der Waals surface area contributed by atoms with Crippen LogP contribution in [0.5, 0.6) is 5.75 Å². The van der Waals surface area contributed by atoms with Gasteiger partial charge in [-0.3, -0.25) is 14.5 Å². The third kappa shape index (κ3) is 5.20. The molecule has 2 aliphatic heterocycles. The van der Waals surface area contributed by atoms with Crippen molar-refractivity contribution in [3.8, 4) is 5.75 Å². The van der Waals surface area contributed by atoms with Crippen molar-refractivity contribution in [3.63, 3.8) is 0 Å². The van der Waals surface area contributed by atoms with Crippen LogP contribution in [-0.2, 0) is 20.9 Å². The predicted octanol–water partition coefficient (Wildman–Crippen LogP) is 7.32. The fourth-order valence-corrected chi connectivity index (χ4v) is 7.80. The number of phenols is 1. The van der Waals surface area contributed by atoms with Crippen molar-refractivity contribution in [2.45, 2.75) is 59.1 Å². The van der Waals surface area contributed by atoms with E-state index in [2.05, 4.69) is 37.3 Å². The molecule has 6 rings (SSSR count). The molecule has 1 N–H and O–H groups in total. The molecule has 0 saturated carbocycles. The van der Waals surface area contributed by atoms with E-state index in [4.69, 9.17) is 4.74 Å². The molecule has 0 spiro atoms. The van der Waals surface area contributed by atoms with E-state index in [0.29, 0.717) is 25.3 Å². The van der Waals surface area contributed by atoms with E-state index in [-0.39, 0.29) is 35.7 Å². The quantitative estimate of drug-likeness (QED) is 0.176. The number of hydrogen-bond donors (Lipinski definition) is 1. The molecule has 5 nitrogen and oxygen atoms in total. The summed E-state index contributed by atoms with van der Waals surface area (Å²) in [4.78, 5) is 29.6. The number of carbonyl (C=O) groups excluding carboxylic acids is 2. The number of allylic oxidation sites excluding steroid dienone is 2. The maximum atomic E-state index is 13.7. The minimum Gasteiger partial charge on any atom is -0.507 e. The minimum absolute atomic E-state index is 0.0179. The van der Waals surface area contributed by atoms with E-state index < -0.39 is 0 Å². The molecule has 3 aromatic rings. The number of likely N-dealkylation sites (tertiary alicyclic amines) is 1. The SMILES string of the molecule is CCC1=C2[C@@H](CC/C(=C/c3cc(C)c(O)c(C)c3)c3ccccc3)OC[C@@H]2[C@@H]2C(=O)N(Cc3cccs3)C(=O)[C@@H]2C1. The van der Waals surface area contributed by atoms with Crippen molar-refractivity contribution in [2.75, 3.05) is 6.61 Å². The molecule has 212 valence electrons. The summed E-state index contributed by atoms with van der Waals surface area (Å²) < 4.78 is 6.46. The number of thiophene rings is 1. The lowest BCUT2D eigenvalue weighted by Gasteiger charge is -2.31. The fourth-order valence-electron chi connectivity index (χ4n) is 7.10. The fraction of sp³-hybridized carbons (Fsp3) is 0.371. The third-order valence-electron chi connectivity index (χ3n) is 9.09. The highest BCUT2D eigenvalue weighted by molar-refractivity contribution is 7.09. The lowest BCUT2D eigenvalue weighted by molar-refractivity contribution is -0.140. The van der Waals surface area contributed by atoms with Gasteiger partial charge in [0.1, 0.15) is 5.75 Å². The molecule has 3 aliphatic rings. The number of aromatic hydroxyl groups is 1. The van der Waals surface area contributed by atoms with Crippen LogP contribution in [0.15, 0.2) is 71.1 Å². The Hall–Kier alpha value is -3.48. The van der Waals surface area contributed by atoms with Crippen molar-refractivity contribution >= 4 is 34.8 Å². The van der Waals surface area contributed by atoms with E-state index in [0.717, 1.165) is 40.8 Å². The zero-order valence-electron chi connectivity index (χ0n) is 23.9. The van der Waals surface area contributed by atoms with Crippen LogP contribution in [-0.4, -0.2) is 34.5 Å². The van der Waals surface area contributed by atoms with Crippen LogP contribution >= 0.6 is 11.3 Å². The van der Waals surface area contributed by atoms with Gasteiger partial charge in [-0.05, 0) is 96.5 Å². The summed E-state index contributed by atoms with van der Waals surface area (Å²) in [7, 11) is 0. The molecule has 6 heteroatoms. The van der Waals surface area contributed by atoms with E-state index in [1.807, 2.05) is 49.6 Å². The van der Waals surface area contributed by atoms with Gasteiger partial charge in [-0.15, -0.1) is 11.3 Å². The molecule has 2 aromatic carbocycles. The average molecular weight is 568 g/mol. The first-order chi connectivity index (χ1) is 19.9. The zero-order chi connectivity index (χ0) is 28.7. The lowest BCUT2D eigenvalue weighted by Crippen LogP contribution is -2.34.